The third-order valence-corrected chi connectivity index (χ3v) is 4.78. The van der Waals surface area contributed by atoms with Crippen molar-refractivity contribution in [3.8, 4) is 0 Å². The molecule has 0 aliphatic carbocycles. The number of hydrogen-bond donors (Lipinski definition) is 1. The van der Waals surface area contributed by atoms with E-state index in [-0.39, 0.29) is 28.7 Å². The van der Waals surface area contributed by atoms with Crippen LogP contribution in [0, 0.1) is 0 Å². The minimum atomic E-state index is -1.03. The van der Waals surface area contributed by atoms with E-state index in [4.69, 9.17) is 14.6 Å². The average molecular weight is 371 g/mol. The average Bonchev–Trinajstić information content (AvgIpc) is 3.25. The van der Waals surface area contributed by atoms with Gasteiger partial charge in [-0.3, -0.25) is 4.79 Å². The van der Waals surface area contributed by atoms with Crippen molar-refractivity contribution in [1.29, 1.82) is 0 Å². The molecule has 0 bridgehead atoms. The SMILES string of the molecule is COC(=O)C1=C(C)N(CC2CCCO2)C(=O)C1=Cc1ccc(C(=O)O)cc1. The number of carboxylic acid groups (broad SMARTS) is 1. The molecule has 27 heavy (non-hydrogen) atoms. The van der Waals surface area contributed by atoms with Gasteiger partial charge in [-0.25, -0.2) is 9.59 Å². The van der Waals surface area contributed by atoms with Crippen LogP contribution >= 0.6 is 0 Å². The second-order valence-corrected chi connectivity index (χ2v) is 6.49. The first-order chi connectivity index (χ1) is 12.9. The predicted molar refractivity (Wildman–Crippen MR) is 96.8 cm³/mol. The zero-order valence-electron chi connectivity index (χ0n) is 15.2. The summed E-state index contributed by atoms with van der Waals surface area (Å²) >= 11 is 0. The highest BCUT2D eigenvalue weighted by Crippen LogP contribution is 2.32. The quantitative estimate of drug-likeness (QED) is 0.630. The summed E-state index contributed by atoms with van der Waals surface area (Å²) in [7, 11) is 1.27. The monoisotopic (exact) mass is 371 g/mol. The number of nitrogens with zero attached hydrogens (tertiary/aromatic N) is 1. The summed E-state index contributed by atoms with van der Waals surface area (Å²) in [6.45, 7) is 2.78. The molecule has 1 amide bonds. The first-order valence-electron chi connectivity index (χ1n) is 8.70. The second-order valence-electron chi connectivity index (χ2n) is 6.49. The lowest BCUT2D eigenvalue weighted by Crippen LogP contribution is -2.33. The van der Waals surface area contributed by atoms with Crippen molar-refractivity contribution in [3.05, 3.63) is 52.2 Å². The number of aromatic carboxylic acids is 1. The van der Waals surface area contributed by atoms with Crippen molar-refractivity contribution < 1.29 is 29.0 Å². The van der Waals surface area contributed by atoms with Crippen LogP contribution in [0.4, 0.5) is 0 Å². The Labute approximate surface area is 156 Å². The molecular weight excluding hydrogens is 350 g/mol. The molecule has 7 nitrogen and oxygen atoms in total. The standard InChI is InChI=1S/C20H21NO6/c1-12-17(20(25)26-2)16(10-13-5-7-14(8-6-13)19(23)24)18(22)21(12)11-15-4-3-9-27-15/h5-8,10,15H,3-4,9,11H2,1-2H3,(H,23,24). The first kappa shape index (κ1) is 18.8. The molecule has 142 valence electrons. The van der Waals surface area contributed by atoms with Gasteiger partial charge in [0.2, 0.25) is 0 Å². The number of carbonyl (C=O) groups excluding carboxylic acids is 2. The Hall–Kier alpha value is -2.93. The molecule has 2 aliphatic heterocycles. The summed E-state index contributed by atoms with van der Waals surface area (Å²) in [5.41, 5.74) is 1.77. The lowest BCUT2D eigenvalue weighted by Gasteiger charge is -2.21. The van der Waals surface area contributed by atoms with Crippen LogP contribution in [0.15, 0.2) is 41.1 Å². The number of rotatable bonds is 5. The molecule has 0 saturated carbocycles. The number of carboxylic acids is 1. The van der Waals surface area contributed by atoms with Gasteiger partial charge in [-0.15, -0.1) is 0 Å². The fraction of sp³-hybridized carbons (Fsp3) is 0.350. The fourth-order valence-electron chi connectivity index (χ4n) is 3.33. The maximum absolute atomic E-state index is 13.0. The molecule has 1 atom stereocenters. The van der Waals surface area contributed by atoms with Gasteiger partial charge in [0, 0.05) is 12.3 Å². The van der Waals surface area contributed by atoms with Crippen LogP contribution in [0.1, 0.15) is 35.7 Å². The lowest BCUT2D eigenvalue weighted by atomic mass is 10.0. The maximum Gasteiger partial charge on any atom is 0.340 e. The van der Waals surface area contributed by atoms with Crippen molar-refractivity contribution in [3.63, 3.8) is 0 Å². The Kier molecular flexibility index (Phi) is 5.41. The summed E-state index contributed by atoms with van der Waals surface area (Å²) < 4.78 is 10.5. The van der Waals surface area contributed by atoms with Gasteiger partial charge in [-0.1, -0.05) is 12.1 Å². The normalized spacial score (nSPS) is 21.3. The zero-order chi connectivity index (χ0) is 19.6. The van der Waals surface area contributed by atoms with Gasteiger partial charge in [0.15, 0.2) is 0 Å². The molecule has 7 heteroatoms. The zero-order valence-corrected chi connectivity index (χ0v) is 15.2. The highest BCUT2D eigenvalue weighted by Gasteiger charge is 2.38. The third kappa shape index (κ3) is 3.78. The fourth-order valence-corrected chi connectivity index (χ4v) is 3.33. The van der Waals surface area contributed by atoms with Crippen molar-refractivity contribution in [2.45, 2.75) is 25.9 Å². The molecule has 0 radical (unpaired) electrons. The van der Waals surface area contributed by atoms with Crippen LogP contribution in [0.2, 0.25) is 0 Å². The van der Waals surface area contributed by atoms with Gasteiger partial charge in [-0.2, -0.15) is 0 Å². The van der Waals surface area contributed by atoms with E-state index in [1.807, 2.05) is 0 Å². The minimum absolute atomic E-state index is 0.0444. The molecule has 1 saturated heterocycles. The van der Waals surface area contributed by atoms with E-state index in [0.717, 1.165) is 12.8 Å². The van der Waals surface area contributed by atoms with Crippen molar-refractivity contribution in [2.75, 3.05) is 20.3 Å². The number of hydrogen-bond acceptors (Lipinski definition) is 5. The summed E-state index contributed by atoms with van der Waals surface area (Å²) in [6, 6.07) is 6.09. The second kappa shape index (κ2) is 7.75. The van der Waals surface area contributed by atoms with E-state index in [2.05, 4.69) is 0 Å². The summed E-state index contributed by atoms with van der Waals surface area (Å²) in [4.78, 5) is 37.8. The summed E-state index contributed by atoms with van der Waals surface area (Å²) in [5, 5.41) is 9.00. The van der Waals surface area contributed by atoms with E-state index < -0.39 is 11.9 Å². The number of esters is 1. The minimum Gasteiger partial charge on any atom is -0.478 e. The number of allylic oxidation sites excluding steroid dienone is 1. The molecule has 1 aromatic carbocycles. The Bertz CT molecular complexity index is 831. The van der Waals surface area contributed by atoms with Crippen LogP contribution in [-0.2, 0) is 19.1 Å². The Morgan fingerprint density at radius 1 is 1.33 bits per heavy atom. The lowest BCUT2D eigenvalue weighted by molar-refractivity contribution is -0.136. The topological polar surface area (TPSA) is 93.1 Å². The van der Waals surface area contributed by atoms with E-state index >= 15 is 0 Å². The van der Waals surface area contributed by atoms with Crippen molar-refractivity contribution >= 4 is 23.9 Å². The number of carbonyl (C=O) groups is 3. The predicted octanol–water partition coefficient (Wildman–Crippen LogP) is 2.24. The molecule has 1 N–H and O–H groups in total. The molecule has 0 aromatic heterocycles. The van der Waals surface area contributed by atoms with Crippen molar-refractivity contribution in [1.82, 2.24) is 4.90 Å². The van der Waals surface area contributed by atoms with E-state index in [1.54, 1.807) is 30.0 Å². The van der Waals surface area contributed by atoms with Crippen LogP contribution in [0.5, 0.6) is 0 Å². The van der Waals surface area contributed by atoms with E-state index in [0.29, 0.717) is 24.4 Å². The third-order valence-electron chi connectivity index (χ3n) is 4.78. The smallest absolute Gasteiger partial charge is 0.340 e. The number of amides is 1. The van der Waals surface area contributed by atoms with Gasteiger partial charge in [0.05, 0.1) is 36.5 Å². The van der Waals surface area contributed by atoms with E-state index in [1.165, 1.54) is 19.2 Å². The first-order valence-corrected chi connectivity index (χ1v) is 8.70. The van der Waals surface area contributed by atoms with Crippen LogP contribution in [0.25, 0.3) is 6.08 Å². The molecule has 3 rings (SSSR count). The highest BCUT2D eigenvalue weighted by molar-refractivity contribution is 6.16. The van der Waals surface area contributed by atoms with E-state index in [9.17, 15) is 14.4 Å². The number of methoxy groups -OCH3 is 1. The molecule has 1 fully saturated rings. The van der Waals surface area contributed by atoms with Gasteiger partial charge < -0.3 is 19.5 Å². The molecular formula is C20H21NO6. The van der Waals surface area contributed by atoms with Crippen molar-refractivity contribution in [2.24, 2.45) is 0 Å². The number of benzene rings is 1. The van der Waals surface area contributed by atoms with Crippen LogP contribution < -0.4 is 0 Å². The Morgan fingerprint density at radius 2 is 2.04 bits per heavy atom. The maximum atomic E-state index is 13.0. The highest BCUT2D eigenvalue weighted by atomic mass is 16.5. The largest absolute Gasteiger partial charge is 0.478 e. The summed E-state index contributed by atoms with van der Waals surface area (Å²) in [6.07, 6.45) is 3.37. The van der Waals surface area contributed by atoms with Crippen LogP contribution in [0.3, 0.4) is 0 Å². The number of ether oxygens (including phenoxy) is 2. The van der Waals surface area contributed by atoms with Gasteiger partial charge in [-0.05, 0) is 43.5 Å². The molecule has 1 unspecified atom stereocenters. The van der Waals surface area contributed by atoms with Gasteiger partial charge in [0.25, 0.3) is 5.91 Å². The van der Waals surface area contributed by atoms with Crippen LogP contribution in [-0.4, -0.2) is 54.2 Å². The van der Waals surface area contributed by atoms with Gasteiger partial charge >= 0.3 is 11.9 Å². The Balaban J connectivity index is 1.95. The summed E-state index contributed by atoms with van der Waals surface area (Å²) in [5.74, 6) is -1.89. The van der Waals surface area contributed by atoms with Gasteiger partial charge in [0.1, 0.15) is 0 Å². The molecule has 2 aliphatic rings. The molecule has 1 aromatic rings. The molecule has 2 heterocycles. The molecule has 0 spiro atoms. The Morgan fingerprint density at radius 3 is 2.59 bits per heavy atom.